The topological polar surface area (TPSA) is 12.0 Å². The van der Waals surface area contributed by atoms with Crippen LogP contribution in [0, 0.1) is 12.7 Å². The Morgan fingerprint density at radius 1 is 1.16 bits per heavy atom. The molecule has 0 bridgehead atoms. The molecule has 0 radical (unpaired) electrons. The van der Waals surface area contributed by atoms with E-state index in [-0.39, 0.29) is 11.9 Å². The van der Waals surface area contributed by atoms with Crippen LogP contribution in [0.5, 0.6) is 0 Å². The zero-order chi connectivity index (χ0) is 13.8. The Bertz CT molecular complexity index is 551. The van der Waals surface area contributed by atoms with Crippen molar-refractivity contribution in [2.24, 2.45) is 0 Å². The predicted octanol–water partition coefficient (Wildman–Crippen LogP) is 4.64. The van der Waals surface area contributed by atoms with Gasteiger partial charge in [-0.05, 0) is 43.2 Å². The van der Waals surface area contributed by atoms with E-state index in [9.17, 15) is 4.39 Å². The highest BCUT2D eigenvalue weighted by molar-refractivity contribution is 6.31. The molecule has 0 saturated carbocycles. The second-order valence-electron chi connectivity index (χ2n) is 4.75. The number of nitrogens with one attached hydrogen (secondary N) is 1. The first-order valence-electron chi connectivity index (χ1n) is 6.30. The standard InChI is InChI=1S/C16H17ClFN/c1-11-3-5-13(6-4-11)12(2)19-10-14-9-15(18)7-8-16(14)17/h3-9,12,19H,10H2,1-2H3/t12-/m1/s1. The summed E-state index contributed by atoms with van der Waals surface area (Å²) in [6.45, 7) is 4.69. The van der Waals surface area contributed by atoms with Crippen molar-refractivity contribution in [1.82, 2.24) is 5.32 Å². The van der Waals surface area contributed by atoms with Crippen LogP contribution in [0.1, 0.15) is 29.7 Å². The van der Waals surface area contributed by atoms with E-state index in [1.54, 1.807) is 6.07 Å². The quantitative estimate of drug-likeness (QED) is 0.858. The lowest BCUT2D eigenvalue weighted by atomic mass is 10.1. The minimum absolute atomic E-state index is 0.194. The van der Waals surface area contributed by atoms with Gasteiger partial charge in [0.05, 0.1) is 0 Å². The van der Waals surface area contributed by atoms with Crippen molar-refractivity contribution >= 4 is 11.6 Å². The molecule has 0 aliphatic heterocycles. The lowest BCUT2D eigenvalue weighted by Gasteiger charge is -2.15. The first kappa shape index (κ1) is 14.0. The summed E-state index contributed by atoms with van der Waals surface area (Å²) >= 11 is 6.04. The lowest BCUT2D eigenvalue weighted by Crippen LogP contribution is -2.18. The van der Waals surface area contributed by atoms with Gasteiger partial charge in [-0.25, -0.2) is 4.39 Å². The molecule has 0 aromatic heterocycles. The fourth-order valence-electron chi connectivity index (χ4n) is 1.91. The van der Waals surface area contributed by atoms with Crippen LogP contribution in [0.4, 0.5) is 4.39 Å². The molecule has 0 saturated heterocycles. The third kappa shape index (κ3) is 3.79. The van der Waals surface area contributed by atoms with Gasteiger partial charge in [0.2, 0.25) is 0 Å². The Labute approximate surface area is 118 Å². The predicted molar refractivity (Wildman–Crippen MR) is 77.8 cm³/mol. The molecule has 0 spiro atoms. The molecule has 1 nitrogen and oxygen atoms in total. The van der Waals surface area contributed by atoms with Crippen LogP contribution in [0.2, 0.25) is 5.02 Å². The zero-order valence-electron chi connectivity index (χ0n) is 11.1. The van der Waals surface area contributed by atoms with Crippen LogP contribution in [0.25, 0.3) is 0 Å². The fraction of sp³-hybridized carbons (Fsp3) is 0.250. The van der Waals surface area contributed by atoms with Crippen molar-refractivity contribution < 1.29 is 4.39 Å². The van der Waals surface area contributed by atoms with Gasteiger partial charge in [0, 0.05) is 17.6 Å². The molecular formula is C16H17ClFN. The number of hydrogen-bond donors (Lipinski definition) is 1. The van der Waals surface area contributed by atoms with E-state index < -0.39 is 0 Å². The van der Waals surface area contributed by atoms with Crippen LogP contribution >= 0.6 is 11.6 Å². The Kier molecular flexibility index (Phi) is 4.56. The molecule has 0 aliphatic rings. The number of benzene rings is 2. The minimum atomic E-state index is -0.260. The molecule has 19 heavy (non-hydrogen) atoms. The van der Waals surface area contributed by atoms with E-state index in [1.807, 2.05) is 0 Å². The van der Waals surface area contributed by atoms with E-state index in [4.69, 9.17) is 11.6 Å². The number of aryl methyl sites for hydroxylation is 1. The molecule has 0 heterocycles. The second-order valence-corrected chi connectivity index (χ2v) is 5.16. The van der Waals surface area contributed by atoms with Gasteiger partial charge in [-0.2, -0.15) is 0 Å². The highest BCUT2D eigenvalue weighted by atomic mass is 35.5. The first-order chi connectivity index (χ1) is 9.06. The Hall–Kier alpha value is -1.38. The van der Waals surface area contributed by atoms with E-state index in [1.165, 1.54) is 23.3 Å². The summed E-state index contributed by atoms with van der Waals surface area (Å²) in [6.07, 6.45) is 0. The molecule has 2 rings (SSSR count). The third-order valence-corrected chi connectivity index (χ3v) is 3.55. The molecule has 2 aromatic carbocycles. The van der Waals surface area contributed by atoms with Crippen LogP contribution in [-0.4, -0.2) is 0 Å². The van der Waals surface area contributed by atoms with Gasteiger partial charge in [-0.3, -0.25) is 0 Å². The summed E-state index contributed by atoms with van der Waals surface area (Å²) < 4.78 is 13.2. The van der Waals surface area contributed by atoms with Crippen molar-refractivity contribution in [3.8, 4) is 0 Å². The van der Waals surface area contributed by atoms with Crippen LogP contribution in [0.15, 0.2) is 42.5 Å². The van der Waals surface area contributed by atoms with Crippen molar-refractivity contribution in [1.29, 1.82) is 0 Å². The van der Waals surface area contributed by atoms with Crippen LogP contribution < -0.4 is 5.32 Å². The van der Waals surface area contributed by atoms with Crippen LogP contribution in [0.3, 0.4) is 0 Å². The molecule has 3 heteroatoms. The monoisotopic (exact) mass is 277 g/mol. The Balaban J connectivity index is 2.02. The van der Waals surface area contributed by atoms with Crippen molar-refractivity contribution in [3.63, 3.8) is 0 Å². The number of rotatable bonds is 4. The highest BCUT2D eigenvalue weighted by Gasteiger charge is 2.07. The first-order valence-corrected chi connectivity index (χ1v) is 6.68. The summed E-state index contributed by atoms with van der Waals surface area (Å²) in [5, 5.41) is 3.94. The average Bonchev–Trinajstić information content (AvgIpc) is 2.40. The van der Waals surface area contributed by atoms with E-state index in [2.05, 4.69) is 43.4 Å². The average molecular weight is 278 g/mol. The van der Waals surface area contributed by atoms with Gasteiger partial charge in [-0.15, -0.1) is 0 Å². The zero-order valence-corrected chi connectivity index (χ0v) is 11.8. The van der Waals surface area contributed by atoms with E-state index in [0.29, 0.717) is 11.6 Å². The minimum Gasteiger partial charge on any atom is -0.306 e. The Morgan fingerprint density at radius 3 is 2.53 bits per heavy atom. The van der Waals surface area contributed by atoms with Gasteiger partial charge < -0.3 is 5.32 Å². The smallest absolute Gasteiger partial charge is 0.123 e. The fourth-order valence-corrected chi connectivity index (χ4v) is 2.10. The van der Waals surface area contributed by atoms with Gasteiger partial charge in [0.1, 0.15) is 5.82 Å². The normalized spacial score (nSPS) is 12.4. The van der Waals surface area contributed by atoms with Gasteiger partial charge >= 0.3 is 0 Å². The largest absolute Gasteiger partial charge is 0.306 e. The molecule has 1 N–H and O–H groups in total. The molecule has 0 unspecified atom stereocenters. The second kappa shape index (κ2) is 6.18. The van der Waals surface area contributed by atoms with Crippen molar-refractivity contribution in [2.45, 2.75) is 26.4 Å². The molecule has 100 valence electrons. The SMILES string of the molecule is Cc1ccc([C@@H](C)NCc2cc(F)ccc2Cl)cc1. The van der Waals surface area contributed by atoms with E-state index in [0.717, 1.165) is 5.56 Å². The maximum absolute atomic E-state index is 13.2. The molecule has 0 fully saturated rings. The summed E-state index contributed by atoms with van der Waals surface area (Å²) in [5.41, 5.74) is 3.22. The molecule has 1 atom stereocenters. The third-order valence-electron chi connectivity index (χ3n) is 3.18. The molecule has 2 aromatic rings. The molecule has 0 amide bonds. The van der Waals surface area contributed by atoms with Gasteiger partial charge in [0.15, 0.2) is 0 Å². The highest BCUT2D eigenvalue weighted by Crippen LogP contribution is 2.19. The maximum Gasteiger partial charge on any atom is 0.123 e. The summed E-state index contributed by atoms with van der Waals surface area (Å²) in [6, 6.07) is 13.0. The maximum atomic E-state index is 13.2. The summed E-state index contributed by atoms with van der Waals surface area (Å²) in [7, 11) is 0. The Morgan fingerprint density at radius 2 is 1.84 bits per heavy atom. The van der Waals surface area contributed by atoms with E-state index >= 15 is 0 Å². The molecule has 0 aliphatic carbocycles. The number of hydrogen-bond acceptors (Lipinski definition) is 1. The van der Waals surface area contributed by atoms with Crippen LogP contribution in [-0.2, 0) is 6.54 Å². The molecular weight excluding hydrogens is 261 g/mol. The summed E-state index contributed by atoms with van der Waals surface area (Å²) in [5.74, 6) is -0.260. The van der Waals surface area contributed by atoms with Gasteiger partial charge in [0.25, 0.3) is 0 Å². The number of halogens is 2. The summed E-state index contributed by atoms with van der Waals surface area (Å²) in [4.78, 5) is 0. The van der Waals surface area contributed by atoms with Crippen molar-refractivity contribution in [2.75, 3.05) is 0 Å². The van der Waals surface area contributed by atoms with Gasteiger partial charge in [-0.1, -0.05) is 41.4 Å². The van der Waals surface area contributed by atoms with Crippen molar-refractivity contribution in [3.05, 3.63) is 70.0 Å². The lowest BCUT2D eigenvalue weighted by molar-refractivity contribution is 0.569.